The fraction of sp³-hybridized carbons (Fsp3) is 0.517. The molecule has 4 aliphatic heterocycles. The highest BCUT2D eigenvalue weighted by molar-refractivity contribution is 6.33. The molecule has 0 aliphatic carbocycles. The molecule has 10 heterocycles. The summed E-state index contributed by atoms with van der Waals surface area (Å²) in [5.74, 6) is -4.25. The van der Waals surface area contributed by atoms with Crippen molar-refractivity contribution in [2.24, 2.45) is 23.7 Å². The van der Waals surface area contributed by atoms with Crippen LogP contribution in [0.25, 0.3) is 22.3 Å². The highest BCUT2D eigenvalue weighted by Crippen LogP contribution is 2.41. The average molecular weight is 1380 g/mol. The van der Waals surface area contributed by atoms with Gasteiger partial charge in [0.2, 0.25) is 11.9 Å². The molecule has 0 bridgehead atoms. The molecule has 7 aromatic rings. The number of aliphatic hydroxyl groups excluding tert-OH is 2. The standard InChI is InChI=1S/C21H24N2O8.C13H15ClFN5O4.C13H17FN2O5.C11H14FN5O3/c1-3-16-15(12-29-21(27)28-11-14-7-5-4-6-8-14)18(30-13(2)24)19(31-16)23-10-9-17(25)22-20(23)26;1-5(22)23-9-6(2-15)7(3-21)24-12(9)20-4-17-8-10(14)18-13(16)19-11(8)20;1-3-9-8(6-14)11(20-7(2)17)12(21-9)16-5-4-10(18)15-13(16)19;12-2-5-1-7(20-6(5)3-18)17-4-14-8-9(17)15-11(13)16-10(8)19/h4-10,15-16,18-19H,3,11-12H2,1-2H3,(H,22,25,26);4,6-7,9,12,21H,2-3H2,1H3,(H2,16,18,19);4-5,8-9,11-12H,3,6H2,1-2H3,(H,15,18,19);4-7,18H,1-3H2,(H3,13,15,16,19)/t15-,16-,18-,19-;6-,7-,9-,12-;8-,9-,11-,12-;5-,6-,7-/m1111/s1. The largest absolute Gasteiger partial charge is 0.508 e. The smallest absolute Gasteiger partial charge is 0.457 e. The molecule has 11 rings (SSSR count). The Morgan fingerprint density at radius 3 is 1.62 bits per heavy atom. The molecule has 520 valence electrons. The van der Waals surface area contributed by atoms with Crippen LogP contribution in [0.4, 0.5) is 29.9 Å². The van der Waals surface area contributed by atoms with E-state index in [0.29, 0.717) is 19.3 Å². The van der Waals surface area contributed by atoms with E-state index >= 15 is 0 Å². The van der Waals surface area contributed by atoms with Gasteiger partial charge in [0.1, 0.15) is 25.0 Å². The second kappa shape index (κ2) is 32.8. The Morgan fingerprint density at radius 1 is 0.615 bits per heavy atom. The number of esters is 3. The highest BCUT2D eigenvalue weighted by atomic mass is 35.5. The van der Waals surface area contributed by atoms with Crippen molar-refractivity contribution in [3.8, 4) is 0 Å². The maximum Gasteiger partial charge on any atom is 0.508 e. The predicted molar refractivity (Wildman–Crippen MR) is 326 cm³/mol. The van der Waals surface area contributed by atoms with Gasteiger partial charge in [-0.15, -0.1) is 0 Å². The summed E-state index contributed by atoms with van der Waals surface area (Å²) in [7, 11) is 0. The van der Waals surface area contributed by atoms with Crippen LogP contribution >= 0.6 is 11.6 Å². The maximum atomic E-state index is 13.4. The first-order valence-electron chi connectivity index (χ1n) is 29.8. The summed E-state index contributed by atoms with van der Waals surface area (Å²) in [6, 6.07) is 11.5. The fourth-order valence-electron chi connectivity index (χ4n) is 11.3. The molecule has 6 aromatic heterocycles. The zero-order chi connectivity index (χ0) is 69.7. The number of ether oxygens (including phenoxy) is 9. The number of hydrogen-bond donors (Lipinski definition) is 7. The van der Waals surface area contributed by atoms with Crippen LogP contribution < -0.4 is 39.5 Å². The summed E-state index contributed by atoms with van der Waals surface area (Å²) < 4.78 is 93.8. The van der Waals surface area contributed by atoms with Crippen LogP contribution in [0.5, 0.6) is 0 Å². The van der Waals surface area contributed by atoms with E-state index in [9.17, 15) is 66.5 Å². The molecule has 0 saturated carbocycles. The fourth-order valence-corrected chi connectivity index (χ4v) is 11.5. The Balaban J connectivity index is 0.000000166. The number of carbonyl (C=O) groups is 4. The number of hydrogen-bond acceptors (Lipinski definition) is 27. The molecule has 0 unspecified atom stereocenters. The maximum absolute atomic E-state index is 13.4. The molecular weight excluding hydrogens is 1310 g/mol. The second-order valence-corrected chi connectivity index (χ2v) is 22.4. The molecule has 1 aromatic carbocycles. The summed E-state index contributed by atoms with van der Waals surface area (Å²) in [6.07, 6.45) is -2.69. The van der Waals surface area contributed by atoms with Crippen molar-refractivity contribution >= 4 is 69.9 Å². The Hall–Kier alpha value is -9.40. The highest BCUT2D eigenvalue weighted by Gasteiger charge is 2.50. The number of halogens is 4. The molecule has 15 atom stereocenters. The van der Waals surface area contributed by atoms with E-state index < -0.39 is 164 Å². The van der Waals surface area contributed by atoms with Gasteiger partial charge in [-0.2, -0.15) is 15.0 Å². The van der Waals surface area contributed by atoms with E-state index in [0.717, 1.165) is 20.8 Å². The Kier molecular flexibility index (Phi) is 24.8. The third-order valence-corrected chi connectivity index (χ3v) is 16.0. The van der Waals surface area contributed by atoms with Crippen molar-refractivity contribution in [2.75, 3.05) is 51.3 Å². The normalized spacial score (nSPS) is 25.8. The van der Waals surface area contributed by atoms with Crippen LogP contribution in [0.15, 0.2) is 91.5 Å². The van der Waals surface area contributed by atoms with E-state index in [-0.39, 0.29) is 65.1 Å². The topological polar surface area (TPSA) is 461 Å². The number of fused-ring (bicyclic) bond motifs is 2. The van der Waals surface area contributed by atoms with Crippen LogP contribution in [-0.2, 0) is 63.6 Å². The first-order valence-corrected chi connectivity index (χ1v) is 30.2. The zero-order valence-corrected chi connectivity index (χ0v) is 52.8. The number of imidazole rings is 2. The first kappa shape index (κ1) is 72.4. The van der Waals surface area contributed by atoms with Crippen LogP contribution in [0.1, 0.15) is 84.4 Å². The number of nitrogens with zero attached hydrogens (tertiary/aromatic N) is 9. The van der Waals surface area contributed by atoms with Gasteiger partial charge >= 0.3 is 35.4 Å². The second-order valence-electron chi connectivity index (χ2n) is 22.0. The number of aromatic nitrogens is 12. The van der Waals surface area contributed by atoms with E-state index in [1.807, 2.05) is 44.2 Å². The molecule has 96 heavy (non-hydrogen) atoms. The lowest BCUT2D eigenvalue weighted by molar-refractivity contribution is -0.155. The van der Waals surface area contributed by atoms with E-state index in [4.69, 9.17) is 65.7 Å². The number of carbonyl (C=O) groups excluding carboxylic acids is 4. The van der Waals surface area contributed by atoms with Crippen molar-refractivity contribution in [1.29, 1.82) is 0 Å². The van der Waals surface area contributed by atoms with Crippen molar-refractivity contribution in [1.82, 2.24) is 58.1 Å². The zero-order valence-electron chi connectivity index (χ0n) is 52.0. The van der Waals surface area contributed by atoms with E-state index in [1.54, 1.807) is 4.57 Å². The summed E-state index contributed by atoms with van der Waals surface area (Å²) in [5.41, 5.74) is 9.94. The van der Waals surface area contributed by atoms with Gasteiger partial charge in [0.15, 0.2) is 59.0 Å². The number of nitrogens with one attached hydrogen (secondary N) is 3. The number of benzene rings is 1. The van der Waals surface area contributed by atoms with Crippen LogP contribution in [0.3, 0.4) is 0 Å². The Labute approximate surface area is 544 Å². The number of nitrogen functional groups attached to an aromatic ring is 2. The molecule has 0 radical (unpaired) electrons. The molecule has 0 spiro atoms. The minimum Gasteiger partial charge on any atom is -0.457 e. The van der Waals surface area contributed by atoms with E-state index in [2.05, 4.69) is 39.9 Å². The lowest BCUT2D eigenvalue weighted by Crippen LogP contribution is -2.39. The lowest BCUT2D eigenvalue weighted by Gasteiger charge is -2.23. The number of rotatable bonds is 18. The summed E-state index contributed by atoms with van der Waals surface area (Å²) >= 11 is 5.98. The number of nitrogens with two attached hydrogens (primary N) is 2. The predicted octanol–water partition coefficient (Wildman–Crippen LogP) is 2.14. The quantitative estimate of drug-likeness (QED) is 0.0367. The van der Waals surface area contributed by atoms with Gasteiger partial charge < -0.3 is 64.3 Å². The van der Waals surface area contributed by atoms with Gasteiger partial charge in [-0.05, 0) is 18.4 Å². The monoisotopic (exact) mass is 1370 g/mol. The molecule has 9 N–H and O–H groups in total. The third-order valence-electron chi connectivity index (χ3n) is 15.7. The van der Waals surface area contributed by atoms with Crippen molar-refractivity contribution in [3.63, 3.8) is 0 Å². The van der Waals surface area contributed by atoms with Crippen LogP contribution in [0.2, 0.25) is 5.15 Å². The lowest BCUT2D eigenvalue weighted by atomic mass is 9.97. The Bertz CT molecular complexity index is 4120. The van der Waals surface area contributed by atoms with Crippen molar-refractivity contribution in [3.05, 3.63) is 130 Å². The molecule has 38 heteroatoms. The molecule has 4 fully saturated rings. The third kappa shape index (κ3) is 17.0. The summed E-state index contributed by atoms with van der Waals surface area (Å²) in [6.45, 7) is 4.42. The van der Waals surface area contributed by atoms with Gasteiger partial charge in [0.05, 0.1) is 88.1 Å². The molecule has 0 amide bonds. The van der Waals surface area contributed by atoms with Gasteiger partial charge in [-0.1, -0.05) is 55.8 Å². The van der Waals surface area contributed by atoms with E-state index in [1.165, 1.54) is 56.5 Å². The SMILES string of the molecule is CC(=O)O[C@@H]1[C@H](CF)[C@@H](CO)O[C@H]1n1cnc2c(Cl)nc(N)nc21.CC[C@H]1O[C@@H](n2ccc(=O)[nH]c2=O)[C@H](OC(C)=O)[C@@H]1CF.CC[C@H]1O[C@@H](n2ccc(=O)[nH]c2=O)[C@H](OC(C)=O)[C@@H]1COC(=O)OCc1ccccc1.Nc1nc2c(ncn2[C@H]2C[C@H](CF)[C@@H](CO)O2)c(=O)[nH]1. The summed E-state index contributed by atoms with van der Waals surface area (Å²) in [5, 5.41) is 18.6. The molecule has 4 aliphatic rings. The minimum absolute atomic E-state index is 0.0250. The average Bonchev–Trinajstić information content (AvgIpc) is 1.63. The Morgan fingerprint density at radius 2 is 1.11 bits per heavy atom. The van der Waals surface area contributed by atoms with Crippen LogP contribution in [-0.4, -0.2) is 175 Å². The minimum atomic E-state index is -0.980. The number of anilines is 2. The molecule has 34 nitrogen and oxygen atoms in total. The van der Waals surface area contributed by atoms with Crippen molar-refractivity contribution < 1.29 is 85.2 Å². The van der Waals surface area contributed by atoms with Gasteiger partial charge in [-0.3, -0.25) is 75.2 Å². The number of aromatic amines is 3. The van der Waals surface area contributed by atoms with Gasteiger partial charge in [-0.25, -0.2) is 24.4 Å². The van der Waals surface area contributed by atoms with Gasteiger partial charge in [0.25, 0.3) is 16.7 Å². The number of aliphatic hydroxyl groups is 2. The van der Waals surface area contributed by atoms with Crippen molar-refractivity contribution in [2.45, 2.75) is 128 Å². The molecular formula is C58H70ClF3N14O20. The first-order chi connectivity index (χ1) is 45.9. The summed E-state index contributed by atoms with van der Waals surface area (Å²) in [4.78, 5) is 131. The number of alkyl halides is 3. The number of H-pyrrole nitrogens is 3. The van der Waals surface area contributed by atoms with Crippen LogP contribution in [0, 0.1) is 23.7 Å². The van der Waals surface area contributed by atoms with Gasteiger partial charge in [0, 0.05) is 57.6 Å². The molecule has 4 saturated heterocycles.